The van der Waals surface area contributed by atoms with Gasteiger partial charge in [0, 0.05) is 29.4 Å². The van der Waals surface area contributed by atoms with E-state index in [-0.39, 0.29) is 0 Å². The minimum atomic E-state index is 0.978. The highest BCUT2D eigenvalue weighted by Gasteiger charge is 2.20. The number of hydrogen-bond donors (Lipinski definition) is 1. The van der Waals surface area contributed by atoms with Crippen molar-refractivity contribution in [1.82, 2.24) is 10.2 Å². The van der Waals surface area contributed by atoms with E-state index in [0.717, 1.165) is 19.0 Å². The molecule has 1 fully saturated rings. The molecule has 1 saturated carbocycles. The normalized spacial score (nSPS) is 16.4. The fourth-order valence-corrected chi connectivity index (χ4v) is 3.42. The number of nitrogens with one attached hydrogen (secondary N) is 1. The second-order valence-electron chi connectivity index (χ2n) is 5.02. The molecule has 0 radical (unpaired) electrons. The van der Waals surface area contributed by atoms with Gasteiger partial charge in [0.15, 0.2) is 0 Å². The Balaban J connectivity index is 1.83. The molecule has 2 rings (SSSR count). The average molecular weight is 252 g/mol. The maximum absolute atomic E-state index is 3.21. The molecule has 1 aliphatic rings. The predicted octanol–water partition coefficient (Wildman–Crippen LogP) is 3.09. The van der Waals surface area contributed by atoms with Gasteiger partial charge < -0.3 is 5.32 Å². The van der Waals surface area contributed by atoms with E-state index in [1.165, 1.54) is 42.1 Å². The Labute approximate surface area is 109 Å². The van der Waals surface area contributed by atoms with Crippen LogP contribution in [-0.2, 0) is 13.1 Å². The molecular weight excluding hydrogens is 228 g/mol. The van der Waals surface area contributed by atoms with Gasteiger partial charge in [-0.1, -0.05) is 13.3 Å². The zero-order valence-corrected chi connectivity index (χ0v) is 11.9. The Morgan fingerprint density at radius 3 is 2.71 bits per heavy atom. The molecular formula is C14H24N2S. The molecule has 1 aliphatic carbocycles. The summed E-state index contributed by atoms with van der Waals surface area (Å²) in [5.74, 6) is 0.978. The van der Waals surface area contributed by atoms with Crippen molar-refractivity contribution in [3.63, 3.8) is 0 Å². The summed E-state index contributed by atoms with van der Waals surface area (Å²) in [5, 5.41) is 3.21. The van der Waals surface area contributed by atoms with Gasteiger partial charge >= 0.3 is 0 Å². The summed E-state index contributed by atoms with van der Waals surface area (Å²) in [6, 6.07) is 4.55. The molecule has 1 aromatic rings. The van der Waals surface area contributed by atoms with Crippen molar-refractivity contribution in [1.29, 1.82) is 0 Å². The zero-order chi connectivity index (χ0) is 12.1. The summed E-state index contributed by atoms with van der Waals surface area (Å²) >= 11 is 1.95. The van der Waals surface area contributed by atoms with Crippen LogP contribution in [0.1, 0.15) is 35.9 Å². The summed E-state index contributed by atoms with van der Waals surface area (Å²) < 4.78 is 0. The zero-order valence-electron chi connectivity index (χ0n) is 11.0. The third kappa shape index (κ3) is 3.80. The number of hydrogen-bond acceptors (Lipinski definition) is 3. The first-order valence-corrected chi connectivity index (χ1v) is 7.58. The minimum absolute atomic E-state index is 0.978. The molecule has 0 aliphatic heterocycles. The van der Waals surface area contributed by atoms with E-state index < -0.39 is 0 Å². The second-order valence-corrected chi connectivity index (χ2v) is 6.28. The van der Waals surface area contributed by atoms with Crippen molar-refractivity contribution in [2.75, 3.05) is 20.1 Å². The van der Waals surface area contributed by atoms with Crippen LogP contribution < -0.4 is 5.32 Å². The van der Waals surface area contributed by atoms with E-state index in [4.69, 9.17) is 0 Å². The van der Waals surface area contributed by atoms with Crippen molar-refractivity contribution in [3.8, 4) is 0 Å². The monoisotopic (exact) mass is 252 g/mol. The van der Waals surface area contributed by atoms with E-state index in [1.807, 2.05) is 18.4 Å². The van der Waals surface area contributed by atoms with Crippen molar-refractivity contribution >= 4 is 11.3 Å². The molecule has 96 valence electrons. The molecule has 0 amide bonds. The van der Waals surface area contributed by atoms with E-state index in [1.54, 1.807) is 0 Å². The standard InChI is InChI=1S/C14H24N2S/c1-3-16(10-12-5-4-6-12)11-14-8-7-13(17-14)9-15-2/h7-8,12,15H,3-6,9-11H2,1-2H3. The molecule has 1 N–H and O–H groups in total. The number of rotatable bonds is 7. The molecule has 0 saturated heterocycles. The van der Waals surface area contributed by atoms with Crippen LogP contribution >= 0.6 is 11.3 Å². The predicted molar refractivity (Wildman–Crippen MR) is 75.4 cm³/mol. The quantitative estimate of drug-likeness (QED) is 0.802. The Kier molecular flexibility index (Phi) is 5.01. The summed E-state index contributed by atoms with van der Waals surface area (Å²) in [7, 11) is 2.01. The van der Waals surface area contributed by atoms with Crippen LogP contribution in [0.2, 0.25) is 0 Å². The highest BCUT2D eigenvalue weighted by Crippen LogP contribution is 2.28. The molecule has 2 nitrogen and oxygen atoms in total. The maximum atomic E-state index is 3.21. The lowest BCUT2D eigenvalue weighted by atomic mass is 9.85. The molecule has 17 heavy (non-hydrogen) atoms. The van der Waals surface area contributed by atoms with Crippen molar-refractivity contribution in [2.45, 2.75) is 39.3 Å². The van der Waals surface area contributed by atoms with Gasteiger partial charge in [0.1, 0.15) is 0 Å². The number of nitrogens with zero attached hydrogens (tertiary/aromatic N) is 1. The molecule has 3 heteroatoms. The summed E-state index contributed by atoms with van der Waals surface area (Å²) in [5.41, 5.74) is 0. The topological polar surface area (TPSA) is 15.3 Å². The van der Waals surface area contributed by atoms with Gasteiger partial charge in [0.2, 0.25) is 0 Å². The Morgan fingerprint density at radius 2 is 2.12 bits per heavy atom. The van der Waals surface area contributed by atoms with E-state index in [9.17, 15) is 0 Å². The lowest BCUT2D eigenvalue weighted by Gasteiger charge is -2.31. The van der Waals surface area contributed by atoms with Gasteiger partial charge in [0.25, 0.3) is 0 Å². The van der Waals surface area contributed by atoms with Crippen LogP contribution in [0, 0.1) is 5.92 Å². The van der Waals surface area contributed by atoms with Gasteiger partial charge in [-0.2, -0.15) is 0 Å². The first-order chi connectivity index (χ1) is 8.31. The van der Waals surface area contributed by atoms with Crippen LogP contribution in [0.5, 0.6) is 0 Å². The fourth-order valence-electron chi connectivity index (χ4n) is 2.34. The van der Waals surface area contributed by atoms with Crippen molar-refractivity contribution < 1.29 is 0 Å². The summed E-state index contributed by atoms with van der Waals surface area (Å²) in [4.78, 5) is 5.55. The fraction of sp³-hybridized carbons (Fsp3) is 0.714. The van der Waals surface area contributed by atoms with Crippen molar-refractivity contribution in [2.24, 2.45) is 5.92 Å². The third-order valence-corrected chi connectivity index (χ3v) is 4.71. The minimum Gasteiger partial charge on any atom is -0.315 e. The molecule has 1 aromatic heterocycles. The highest BCUT2D eigenvalue weighted by atomic mass is 32.1. The third-order valence-electron chi connectivity index (χ3n) is 3.64. The molecule has 0 spiro atoms. The van der Waals surface area contributed by atoms with Crippen LogP contribution in [-0.4, -0.2) is 25.0 Å². The van der Waals surface area contributed by atoms with Gasteiger partial charge in [-0.25, -0.2) is 0 Å². The van der Waals surface area contributed by atoms with Gasteiger partial charge in [-0.05, 0) is 44.5 Å². The van der Waals surface area contributed by atoms with Gasteiger partial charge in [0.05, 0.1) is 0 Å². The molecule has 1 heterocycles. The lowest BCUT2D eigenvalue weighted by Crippen LogP contribution is -2.31. The smallest absolute Gasteiger partial charge is 0.0328 e. The first kappa shape index (κ1) is 13.1. The van der Waals surface area contributed by atoms with Crippen LogP contribution in [0.15, 0.2) is 12.1 Å². The first-order valence-electron chi connectivity index (χ1n) is 6.76. The Bertz CT molecular complexity index is 331. The number of thiophene rings is 1. The molecule has 0 bridgehead atoms. The van der Waals surface area contributed by atoms with Crippen molar-refractivity contribution in [3.05, 3.63) is 21.9 Å². The second kappa shape index (κ2) is 6.53. The maximum Gasteiger partial charge on any atom is 0.0328 e. The average Bonchev–Trinajstić information content (AvgIpc) is 2.70. The Hall–Kier alpha value is -0.380. The van der Waals surface area contributed by atoms with Crippen LogP contribution in [0.25, 0.3) is 0 Å². The lowest BCUT2D eigenvalue weighted by molar-refractivity contribution is 0.179. The van der Waals surface area contributed by atoms with E-state index >= 15 is 0 Å². The Morgan fingerprint density at radius 1 is 1.35 bits per heavy atom. The largest absolute Gasteiger partial charge is 0.315 e. The molecule has 0 aromatic carbocycles. The highest BCUT2D eigenvalue weighted by molar-refractivity contribution is 7.11. The van der Waals surface area contributed by atoms with Crippen LogP contribution in [0.3, 0.4) is 0 Å². The van der Waals surface area contributed by atoms with E-state index in [0.29, 0.717) is 0 Å². The van der Waals surface area contributed by atoms with E-state index in [2.05, 4.69) is 29.3 Å². The summed E-state index contributed by atoms with van der Waals surface area (Å²) in [6.45, 7) is 6.90. The molecule has 0 unspecified atom stereocenters. The molecule has 0 atom stereocenters. The van der Waals surface area contributed by atoms with Crippen LogP contribution in [0.4, 0.5) is 0 Å². The van der Waals surface area contributed by atoms with Gasteiger partial charge in [-0.3, -0.25) is 4.90 Å². The SMILES string of the molecule is CCN(Cc1ccc(CNC)s1)CC1CCC1. The summed E-state index contributed by atoms with van der Waals surface area (Å²) in [6.07, 6.45) is 4.35. The van der Waals surface area contributed by atoms with Gasteiger partial charge in [-0.15, -0.1) is 11.3 Å².